The van der Waals surface area contributed by atoms with Gasteiger partial charge in [0.15, 0.2) is 6.61 Å². The van der Waals surface area contributed by atoms with Gasteiger partial charge >= 0.3 is 0 Å². The Morgan fingerprint density at radius 2 is 1.96 bits per heavy atom. The van der Waals surface area contributed by atoms with E-state index in [1.54, 1.807) is 7.11 Å². The first-order chi connectivity index (χ1) is 13.1. The summed E-state index contributed by atoms with van der Waals surface area (Å²) in [5.74, 6) is 1.62. The van der Waals surface area contributed by atoms with E-state index in [1.165, 1.54) is 24.0 Å². The minimum atomic E-state index is -0.0938. The average molecular weight is 367 g/mol. The van der Waals surface area contributed by atoms with E-state index in [0.717, 1.165) is 41.9 Å². The highest BCUT2D eigenvalue weighted by Crippen LogP contribution is 2.29. The maximum Gasteiger partial charge on any atom is 0.258 e. The van der Waals surface area contributed by atoms with Crippen LogP contribution in [0.5, 0.6) is 11.5 Å². The number of rotatable bonds is 7. The molecular formula is C23H29NO3. The van der Waals surface area contributed by atoms with Crippen molar-refractivity contribution in [3.8, 4) is 11.5 Å². The molecule has 1 aliphatic rings. The molecule has 1 amide bonds. The maximum absolute atomic E-state index is 12.5. The molecule has 0 bridgehead atoms. The first-order valence-electron chi connectivity index (χ1n) is 9.79. The van der Waals surface area contributed by atoms with E-state index in [2.05, 4.69) is 24.4 Å². The van der Waals surface area contributed by atoms with Gasteiger partial charge in [0.2, 0.25) is 0 Å². The number of hydrogen-bond acceptors (Lipinski definition) is 3. The van der Waals surface area contributed by atoms with Crippen molar-refractivity contribution in [3.05, 3.63) is 58.7 Å². The average Bonchev–Trinajstić information content (AvgIpc) is 2.70. The quantitative estimate of drug-likeness (QED) is 0.782. The number of methoxy groups -OCH3 is 1. The smallest absolute Gasteiger partial charge is 0.258 e. The summed E-state index contributed by atoms with van der Waals surface area (Å²) in [4.78, 5) is 12.5. The molecule has 0 saturated heterocycles. The van der Waals surface area contributed by atoms with Crippen LogP contribution in [0.15, 0.2) is 36.4 Å². The van der Waals surface area contributed by atoms with Gasteiger partial charge in [-0.1, -0.05) is 31.2 Å². The summed E-state index contributed by atoms with van der Waals surface area (Å²) in [7, 11) is 1.67. The molecule has 1 aliphatic carbocycles. The lowest BCUT2D eigenvalue weighted by molar-refractivity contribution is -0.123. The molecule has 1 atom stereocenters. The lowest BCUT2D eigenvalue weighted by Gasteiger charge is -2.21. The zero-order chi connectivity index (χ0) is 19.2. The highest BCUT2D eigenvalue weighted by atomic mass is 16.5. The minimum Gasteiger partial charge on any atom is -0.496 e. The number of fused-ring (bicyclic) bond motifs is 1. The Kier molecular flexibility index (Phi) is 6.38. The molecule has 0 aromatic heterocycles. The van der Waals surface area contributed by atoms with E-state index in [1.807, 2.05) is 31.2 Å². The maximum atomic E-state index is 12.5. The number of nitrogens with one attached hydrogen (secondary N) is 1. The number of benzene rings is 2. The Morgan fingerprint density at radius 1 is 1.15 bits per heavy atom. The second kappa shape index (κ2) is 8.94. The molecule has 1 N–H and O–H groups in total. The lowest BCUT2D eigenvalue weighted by Crippen LogP contribution is -2.32. The van der Waals surface area contributed by atoms with E-state index in [4.69, 9.17) is 9.47 Å². The van der Waals surface area contributed by atoms with Crippen molar-refractivity contribution in [2.75, 3.05) is 13.7 Å². The van der Waals surface area contributed by atoms with Gasteiger partial charge in [-0.15, -0.1) is 0 Å². The van der Waals surface area contributed by atoms with Crippen LogP contribution in [0, 0.1) is 6.92 Å². The summed E-state index contributed by atoms with van der Waals surface area (Å²) < 4.78 is 11.2. The fraction of sp³-hybridized carbons (Fsp3) is 0.435. The molecule has 0 unspecified atom stereocenters. The van der Waals surface area contributed by atoms with E-state index in [-0.39, 0.29) is 18.6 Å². The molecular weight excluding hydrogens is 338 g/mol. The minimum absolute atomic E-state index is 0.0320. The summed E-state index contributed by atoms with van der Waals surface area (Å²) in [5.41, 5.74) is 4.78. The first-order valence-corrected chi connectivity index (χ1v) is 9.79. The molecule has 3 rings (SSSR count). The fourth-order valence-electron chi connectivity index (χ4n) is 3.80. The number of carbonyl (C=O) groups excluding carboxylic acids is 1. The largest absolute Gasteiger partial charge is 0.496 e. The topological polar surface area (TPSA) is 47.6 Å². The predicted octanol–water partition coefficient (Wildman–Crippen LogP) is 4.53. The second-order valence-electron chi connectivity index (χ2n) is 7.15. The SMILES string of the molecule is CC[C@H](NC(=O)COc1cccc2c1CCCC2)c1ccc(OC)c(C)c1. The van der Waals surface area contributed by atoms with Gasteiger partial charge in [-0.05, 0) is 73.4 Å². The lowest BCUT2D eigenvalue weighted by atomic mass is 9.91. The van der Waals surface area contributed by atoms with Gasteiger partial charge in [0.25, 0.3) is 5.91 Å². The van der Waals surface area contributed by atoms with Crippen molar-refractivity contribution in [1.82, 2.24) is 5.32 Å². The van der Waals surface area contributed by atoms with Gasteiger partial charge in [0, 0.05) is 0 Å². The Balaban J connectivity index is 1.62. The third kappa shape index (κ3) is 4.62. The summed E-state index contributed by atoms with van der Waals surface area (Å²) in [6.45, 7) is 4.12. The van der Waals surface area contributed by atoms with Crippen LogP contribution in [0.25, 0.3) is 0 Å². The molecule has 2 aromatic rings. The van der Waals surface area contributed by atoms with Crippen molar-refractivity contribution in [2.45, 2.75) is 52.0 Å². The van der Waals surface area contributed by atoms with Crippen LogP contribution in [-0.2, 0) is 17.6 Å². The summed E-state index contributed by atoms with van der Waals surface area (Å²) in [6, 6.07) is 12.2. The van der Waals surface area contributed by atoms with Crippen LogP contribution >= 0.6 is 0 Å². The second-order valence-corrected chi connectivity index (χ2v) is 7.15. The molecule has 4 nitrogen and oxygen atoms in total. The monoisotopic (exact) mass is 367 g/mol. The zero-order valence-electron chi connectivity index (χ0n) is 16.5. The van der Waals surface area contributed by atoms with Gasteiger partial charge in [-0.3, -0.25) is 4.79 Å². The molecule has 0 fully saturated rings. The van der Waals surface area contributed by atoms with Crippen molar-refractivity contribution in [3.63, 3.8) is 0 Å². The molecule has 0 radical (unpaired) electrons. The van der Waals surface area contributed by atoms with Gasteiger partial charge in [0.1, 0.15) is 11.5 Å². The van der Waals surface area contributed by atoms with Crippen molar-refractivity contribution in [1.29, 1.82) is 0 Å². The van der Waals surface area contributed by atoms with E-state index >= 15 is 0 Å². The Hall–Kier alpha value is -2.49. The highest BCUT2D eigenvalue weighted by molar-refractivity contribution is 5.78. The van der Waals surface area contributed by atoms with Crippen LogP contribution in [-0.4, -0.2) is 19.6 Å². The Labute approximate surface area is 161 Å². The number of aryl methyl sites for hydroxylation is 2. The fourth-order valence-corrected chi connectivity index (χ4v) is 3.80. The number of carbonyl (C=O) groups is 1. The molecule has 2 aromatic carbocycles. The third-order valence-corrected chi connectivity index (χ3v) is 5.28. The molecule has 27 heavy (non-hydrogen) atoms. The molecule has 4 heteroatoms. The van der Waals surface area contributed by atoms with E-state index in [9.17, 15) is 4.79 Å². The number of hydrogen-bond donors (Lipinski definition) is 1. The van der Waals surface area contributed by atoms with Crippen molar-refractivity contribution >= 4 is 5.91 Å². The summed E-state index contributed by atoms with van der Waals surface area (Å²) in [5, 5.41) is 3.09. The number of ether oxygens (including phenoxy) is 2. The highest BCUT2D eigenvalue weighted by Gasteiger charge is 2.17. The van der Waals surface area contributed by atoms with E-state index < -0.39 is 0 Å². The third-order valence-electron chi connectivity index (χ3n) is 5.28. The first kappa shape index (κ1) is 19.3. The normalized spacial score (nSPS) is 14.2. The summed E-state index contributed by atoms with van der Waals surface area (Å²) in [6.07, 6.45) is 5.38. The van der Waals surface area contributed by atoms with Crippen LogP contribution < -0.4 is 14.8 Å². The van der Waals surface area contributed by atoms with Crippen LogP contribution in [0.1, 0.15) is 54.5 Å². The van der Waals surface area contributed by atoms with Gasteiger partial charge in [0.05, 0.1) is 13.2 Å². The van der Waals surface area contributed by atoms with Gasteiger partial charge in [-0.25, -0.2) is 0 Å². The molecule has 0 heterocycles. The van der Waals surface area contributed by atoms with E-state index in [0.29, 0.717) is 0 Å². The number of amides is 1. The van der Waals surface area contributed by atoms with Crippen LogP contribution in [0.4, 0.5) is 0 Å². The molecule has 0 spiro atoms. The van der Waals surface area contributed by atoms with Gasteiger partial charge < -0.3 is 14.8 Å². The predicted molar refractivity (Wildman–Crippen MR) is 107 cm³/mol. The summed E-state index contributed by atoms with van der Waals surface area (Å²) >= 11 is 0. The standard InChI is InChI=1S/C23H29NO3/c1-4-20(18-12-13-21(26-3)16(2)14-18)24-23(25)15-27-22-11-7-9-17-8-5-6-10-19(17)22/h7,9,11-14,20H,4-6,8,10,15H2,1-3H3,(H,24,25)/t20-/m0/s1. The Morgan fingerprint density at radius 3 is 2.70 bits per heavy atom. The van der Waals surface area contributed by atoms with Crippen LogP contribution in [0.3, 0.4) is 0 Å². The zero-order valence-corrected chi connectivity index (χ0v) is 16.5. The Bertz CT molecular complexity index is 800. The van der Waals surface area contributed by atoms with Crippen LogP contribution in [0.2, 0.25) is 0 Å². The van der Waals surface area contributed by atoms with Crippen molar-refractivity contribution in [2.24, 2.45) is 0 Å². The van der Waals surface area contributed by atoms with Gasteiger partial charge in [-0.2, -0.15) is 0 Å². The molecule has 144 valence electrons. The molecule has 0 saturated carbocycles. The van der Waals surface area contributed by atoms with Crippen molar-refractivity contribution < 1.29 is 14.3 Å². The molecule has 0 aliphatic heterocycles.